The van der Waals surface area contributed by atoms with Gasteiger partial charge in [-0.15, -0.1) is 0 Å². The van der Waals surface area contributed by atoms with Gasteiger partial charge >= 0.3 is 0 Å². The lowest BCUT2D eigenvalue weighted by Gasteiger charge is -2.30. The van der Waals surface area contributed by atoms with E-state index in [-0.39, 0.29) is 23.1 Å². The third-order valence-corrected chi connectivity index (χ3v) is 6.60. The minimum Gasteiger partial charge on any atom is -0.355 e. The Morgan fingerprint density at radius 3 is 2.60 bits per heavy atom. The third-order valence-electron chi connectivity index (χ3n) is 4.86. The molecule has 1 saturated heterocycles. The van der Waals surface area contributed by atoms with Crippen LogP contribution in [0.2, 0.25) is 0 Å². The molecular formula is C17H30N4O3S. The zero-order valence-electron chi connectivity index (χ0n) is 15.3. The fourth-order valence-corrected chi connectivity index (χ4v) is 4.82. The molecule has 0 aromatic carbocycles. The van der Waals surface area contributed by atoms with Crippen molar-refractivity contribution in [2.24, 2.45) is 4.99 Å². The van der Waals surface area contributed by atoms with Crippen molar-refractivity contribution < 1.29 is 13.8 Å². The second-order valence-corrected chi connectivity index (χ2v) is 8.60. The molecule has 1 saturated carbocycles. The molecule has 8 heteroatoms. The molecule has 1 heterocycles. The first-order valence-corrected chi connectivity index (χ1v) is 10.6. The summed E-state index contributed by atoms with van der Waals surface area (Å²) in [6.45, 7) is 2.82. The molecule has 3 atom stereocenters. The number of imide groups is 1. The van der Waals surface area contributed by atoms with Crippen LogP contribution in [0.3, 0.4) is 0 Å². The van der Waals surface area contributed by atoms with Crippen molar-refractivity contribution in [2.45, 2.75) is 63.2 Å². The molecule has 2 amide bonds. The van der Waals surface area contributed by atoms with E-state index >= 15 is 0 Å². The van der Waals surface area contributed by atoms with Gasteiger partial charge in [0, 0.05) is 60.8 Å². The van der Waals surface area contributed by atoms with E-state index in [1.54, 1.807) is 7.05 Å². The highest BCUT2D eigenvalue weighted by Crippen LogP contribution is 2.22. The Balaban J connectivity index is 1.77. The normalized spacial score (nSPS) is 26.5. The summed E-state index contributed by atoms with van der Waals surface area (Å²) in [7, 11) is 0.956. The maximum Gasteiger partial charge on any atom is 0.229 e. The average Bonchev–Trinajstić information content (AvgIpc) is 2.62. The van der Waals surface area contributed by atoms with Gasteiger partial charge in [0.05, 0.1) is 0 Å². The van der Waals surface area contributed by atoms with Crippen molar-refractivity contribution in [3.8, 4) is 0 Å². The summed E-state index contributed by atoms with van der Waals surface area (Å²) in [6, 6.07) is 0.263. The van der Waals surface area contributed by atoms with Crippen LogP contribution >= 0.6 is 0 Å². The van der Waals surface area contributed by atoms with Gasteiger partial charge in [0.25, 0.3) is 0 Å². The number of nitrogens with one attached hydrogen (secondary N) is 2. The molecule has 0 bridgehead atoms. The Labute approximate surface area is 152 Å². The largest absolute Gasteiger partial charge is 0.355 e. The molecule has 2 N–H and O–H groups in total. The maximum atomic E-state index is 12.0. The van der Waals surface area contributed by atoms with Crippen LogP contribution in [0.15, 0.2) is 4.99 Å². The first kappa shape index (κ1) is 19.9. The van der Waals surface area contributed by atoms with E-state index in [1.807, 2.05) is 6.92 Å². The van der Waals surface area contributed by atoms with Crippen molar-refractivity contribution in [1.29, 1.82) is 0 Å². The summed E-state index contributed by atoms with van der Waals surface area (Å²) in [6.07, 6.45) is 5.61. The van der Waals surface area contributed by atoms with Crippen molar-refractivity contribution in [1.82, 2.24) is 15.5 Å². The first-order valence-electron chi connectivity index (χ1n) is 9.22. The summed E-state index contributed by atoms with van der Waals surface area (Å²) >= 11 is 0. The topological polar surface area (TPSA) is 90.9 Å². The highest BCUT2D eigenvalue weighted by Gasteiger charge is 2.27. The fourth-order valence-electron chi connectivity index (χ4n) is 3.47. The molecule has 0 aromatic rings. The van der Waals surface area contributed by atoms with Crippen LogP contribution in [-0.4, -0.2) is 64.1 Å². The number of carbonyl (C=O) groups excluding carboxylic acids is 2. The van der Waals surface area contributed by atoms with Gasteiger partial charge in [0.1, 0.15) is 0 Å². The Morgan fingerprint density at radius 2 is 1.96 bits per heavy atom. The predicted molar refractivity (Wildman–Crippen MR) is 99.8 cm³/mol. The third kappa shape index (κ3) is 5.80. The monoisotopic (exact) mass is 370 g/mol. The number of rotatable bonds is 6. The lowest BCUT2D eigenvalue weighted by atomic mass is 9.95. The van der Waals surface area contributed by atoms with E-state index in [1.165, 1.54) is 4.90 Å². The summed E-state index contributed by atoms with van der Waals surface area (Å²) in [5.74, 6) is 1.21. The molecular weight excluding hydrogens is 340 g/mol. The second-order valence-electron chi connectivity index (χ2n) is 6.59. The van der Waals surface area contributed by atoms with Gasteiger partial charge in [-0.25, -0.2) is 0 Å². The number of aliphatic imine (C=N–C) groups is 1. The molecule has 7 nitrogen and oxygen atoms in total. The molecule has 2 aliphatic rings. The van der Waals surface area contributed by atoms with Gasteiger partial charge in [-0.3, -0.25) is 23.7 Å². The fraction of sp³-hybridized carbons (Fsp3) is 0.824. The highest BCUT2D eigenvalue weighted by molar-refractivity contribution is 7.85. The summed E-state index contributed by atoms with van der Waals surface area (Å²) < 4.78 is 12.0. The van der Waals surface area contributed by atoms with Crippen LogP contribution in [0.25, 0.3) is 0 Å². The Morgan fingerprint density at radius 1 is 1.24 bits per heavy atom. The van der Waals surface area contributed by atoms with Crippen molar-refractivity contribution in [2.75, 3.05) is 25.9 Å². The van der Waals surface area contributed by atoms with E-state index < -0.39 is 10.8 Å². The van der Waals surface area contributed by atoms with Crippen LogP contribution in [0.1, 0.15) is 51.9 Å². The minimum absolute atomic E-state index is 0.0850. The second kappa shape index (κ2) is 9.89. The molecule has 0 spiro atoms. The lowest BCUT2D eigenvalue weighted by molar-refractivity contribution is -0.147. The number of guanidine groups is 1. The number of likely N-dealkylation sites (tertiary alicyclic amines) is 1. The summed E-state index contributed by atoms with van der Waals surface area (Å²) in [5.41, 5.74) is 0. The molecule has 2 rings (SSSR count). The zero-order chi connectivity index (χ0) is 18.2. The van der Waals surface area contributed by atoms with E-state index in [2.05, 4.69) is 15.6 Å². The molecule has 2 fully saturated rings. The quantitative estimate of drug-likeness (QED) is 0.409. The number of piperidine rings is 1. The number of hydrogen-bond acceptors (Lipinski definition) is 4. The number of amides is 2. The van der Waals surface area contributed by atoms with E-state index in [0.29, 0.717) is 44.1 Å². The van der Waals surface area contributed by atoms with Crippen LogP contribution in [0.4, 0.5) is 0 Å². The van der Waals surface area contributed by atoms with Gasteiger partial charge in [-0.1, -0.05) is 13.3 Å². The van der Waals surface area contributed by atoms with Crippen molar-refractivity contribution >= 4 is 28.6 Å². The van der Waals surface area contributed by atoms with E-state index in [4.69, 9.17) is 0 Å². The van der Waals surface area contributed by atoms with Gasteiger partial charge in [-0.2, -0.15) is 0 Å². The maximum absolute atomic E-state index is 12.0. The smallest absolute Gasteiger partial charge is 0.229 e. The summed E-state index contributed by atoms with van der Waals surface area (Å²) in [4.78, 5) is 29.2. The Hall–Kier alpha value is -1.44. The standard InChI is InChI=1S/C17H30N4O3S/c1-3-25(24)14-7-4-6-13(12-14)20-17(18-2)19-10-11-21-15(22)8-5-9-16(21)23/h13-14H,3-12H2,1-2H3,(H2,18,19,20). The number of hydrogen-bond donors (Lipinski definition) is 2. The van der Waals surface area contributed by atoms with Gasteiger partial charge < -0.3 is 10.6 Å². The van der Waals surface area contributed by atoms with Crippen molar-refractivity contribution in [3.05, 3.63) is 0 Å². The van der Waals surface area contributed by atoms with Crippen LogP contribution < -0.4 is 10.6 Å². The van der Waals surface area contributed by atoms with Crippen LogP contribution in [-0.2, 0) is 20.4 Å². The van der Waals surface area contributed by atoms with Crippen molar-refractivity contribution in [3.63, 3.8) is 0 Å². The highest BCUT2D eigenvalue weighted by atomic mass is 32.2. The molecule has 1 aliphatic heterocycles. The zero-order valence-corrected chi connectivity index (χ0v) is 16.1. The van der Waals surface area contributed by atoms with E-state index in [0.717, 1.165) is 25.7 Å². The van der Waals surface area contributed by atoms with Crippen LogP contribution in [0, 0.1) is 0 Å². The molecule has 142 valence electrons. The number of carbonyl (C=O) groups is 2. The lowest BCUT2D eigenvalue weighted by Crippen LogP contribution is -2.49. The van der Waals surface area contributed by atoms with E-state index in [9.17, 15) is 13.8 Å². The molecule has 0 aromatic heterocycles. The molecule has 3 unspecified atom stereocenters. The minimum atomic E-state index is -0.750. The van der Waals surface area contributed by atoms with Crippen LogP contribution in [0.5, 0.6) is 0 Å². The molecule has 1 aliphatic carbocycles. The molecule has 0 radical (unpaired) electrons. The summed E-state index contributed by atoms with van der Waals surface area (Å²) in [5, 5.41) is 6.83. The Bertz CT molecular complexity index is 522. The Kier molecular flexibility index (Phi) is 7.87. The molecule has 25 heavy (non-hydrogen) atoms. The predicted octanol–water partition coefficient (Wildman–Crippen LogP) is 0.770. The average molecular weight is 371 g/mol. The first-order chi connectivity index (χ1) is 12.0. The van der Waals surface area contributed by atoms with Gasteiger partial charge in [0.15, 0.2) is 5.96 Å². The SMILES string of the molecule is CCS(=O)C1CCCC(NC(=NC)NCCN2C(=O)CCCC2=O)C1. The number of nitrogens with zero attached hydrogens (tertiary/aromatic N) is 2. The van der Waals surface area contributed by atoms with Gasteiger partial charge in [-0.05, 0) is 25.7 Å². The van der Waals surface area contributed by atoms with Gasteiger partial charge in [0.2, 0.25) is 11.8 Å².